The van der Waals surface area contributed by atoms with Crippen LogP contribution in [0.4, 0.5) is 4.79 Å². The maximum atomic E-state index is 12.2. The van der Waals surface area contributed by atoms with Gasteiger partial charge in [-0.15, -0.1) is 0 Å². The second-order valence-corrected chi connectivity index (χ2v) is 6.81. The van der Waals surface area contributed by atoms with Crippen molar-refractivity contribution in [3.8, 4) is 0 Å². The van der Waals surface area contributed by atoms with Crippen LogP contribution < -0.4 is 16.0 Å². The molecule has 2 atom stereocenters. The summed E-state index contributed by atoms with van der Waals surface area (Å²) in [5, 5.41) is 16.0. The highest BCUT2D eigenvalue weighted by molar-refractivity contribution is 5.85. The van der Waals surface area contributed by atoms with E-state index in [2.05, 4.69) is 41.9 Å². The minimum atomic E-state index is -1.26. The second kappa shape index (κ2) is 10.4. The highest BCUT2D eigenvalue weighted by Crippen LogP contribution is 2.17. The van der Waals surface area contributed by atoms with Crippen molar-refractivity contribution in [2.75, 3.05) is 13.1 Å². The van der Waals surface area contributed by atoms with Gasteiger partial charge in [0.15, 0.2) is 0 Å². The Bertz CT molecular complexity index is 614. The van der Waals surface area contributed by atoms with Gasteiger partial charge in [0.2, 0.25) is 11.8 Å². The molecule has 0 aromatic heterocycles. The van der Waals surface area contributed by atoms with E-state index in [1.54, 1.807) is 0 Å². The summed E-state index contributed by atoms with van der Waals surface area (Å²) in [6.07, 6.45) is -0.246. The zero-order chi connectivity index (χ0) is 19.7. The summed E-state index contributed by atoms with van der Waals surface area (Å²) < 4.78 is 0. The zero-order valence-corrected chi connectivity index (χ0v) is 15.8. The van der Waals surface area contributed by atoms with Crippen LogP contribution in [0, 0.1) is 5.92 Å². The van der Waals surface area contributed by atoms with Crippen LogP contribution in [0.1, 0.15) is 44.7 Å². The molecule has 7 nitrogen and oxygen atoms in total. The Morgan fingerprint density at radius 3 is 1.96 bits per heavy atom. The maximum Gasteiger partial charge on any atom is 0.405 e. The maximum absolute atomic E-state index is 12.2. The number of amides is 3. The van der Waals surface area contributed by atoms with Crippen molar-refractivity contribution in [1.29, 1.82) is 0 Å². The molecule has 0 aliphatic rings. The van der Waals surface area contributed by atoms with E-state index in [-0.39, 0.29) is 24.9 Å². The molecular formula is C19H29N3O4. The Kier molecular flexibility index (Phi) is 8.61. The minimum Gasteiger partial charge on any atom is -0.465 e. The molecule has 7 heteroatoms. The first-order valence-electron chi connectivity index (χ1n) is 8.84. The Labute approximate surface area is 154 Å². The predicted octanol–water partition coefficient (Wildman–Crippen LogP) is 1.88. The summed E-state index contributed by atoms with van der Waals surface area (Å²) in [6.45, 7) is 8.14. The van der Waals surface area contributed by atoms with Crippen LogP contribution in [0.2, 0.25) is 0 Å². The second-order valence-electron chi connectivity index (χ2n) is 6.81. The van der Waals surface area contributed by atoms with Crippen LogP contribution in [0.5, 0.6) is 0 Å². The first-order valence-corrected chi connectivity index (χ1v) is 8.84. The molecule has 1 aromatic carbocycles. The van der Waals surface area contributed by atoms with E-state index < -0.39 is 18.0 Å². The number of nitrogens with one attached hydrogen (secondary N) is 3. The van der Waals surface area contributed by atoms with Gasteiger partial charge < -0.3 is 21.1 Å². The molecule has 0 saturated carbocycles. The SMILES string of the molecule is CC(C)Cc1ccc(C(C)C(=O)NCCNC(=O)[C@H](C)NC(=O)O)cc1. The summed E-state index contributed by atoms with van der Waals surface area (Å²) in [4.78, 5) is 34.3. The molecular weight excluding hydrogens is 334 g/mol. The Morgan fingerprint density at radius 1 is 0.923 bits per heavy atom. The molecule has 0 aliphatic heterocycles. The van der Waals surface area contributed by atoms with Gasteiger partial charge >= 0.3 is 6.09 Å². The first-order chi connectivity index (χ1) is 12.2. The van der Waals surface area contributed by atoms with Crippen LogP contribution in [0.15, 0.2) is 24.3 Å². The van der Waals surface area contributed by atoms with E-state index in [1.807, 2.05) is 19.1 Å². The van der Waals surface area contributed by atoms with Gasteiger partial charge in [0.25, 0.3) is 0 Å². The van der Waals surface area contributed by atoms with Crippen molar-refractivity contribution in [1.82, 2.24) is 16.0 Å². The quantitative estimate of drug-likeness (QED) is 0.502. The molecule has 144 valence electrons. The lowest BCUT2D eigenvalue weighted by Crippen LogP contribution is -2.46. The zero-order valence-electron chi connectivity index (χ0n) is 15.8. The minimum absolute atomic E-state index is 0.118. The largest absolute Gasteiger partial charge is 0.465 e. The van der Waals surface area contributed by atoms with Gasteiger partial charge in [-0.25, -0.2) is 4.79 Å². The van der Waals surface area contributed by atoms with Gasteiger partial charge in [-0.3, -0.25) is 9.59 Å². The van der Waals surface area contributed by atoms with Gasteiger partial charge in [-0.2, -0.15) is 0 Å². The summed E-state index contributed by atoms with van der Waals surface area (Å²) in [6, 6.07) is 7.21. The first kappa shape index (κ1) is 21.5. The van der Waals surface area contributed by atoms with E-state index in [0.717, 1.165) is 12.0 Å². The topological polar surface area (TPSA) is 108 Å². The highest BCUT2D eigenvalue weighted by atomic mass is 16.4. The van der Waals surface area contributed by atoms with Crippen LogP contribution >= 0.6 is 0 Å². The van der Waals surface area contributed by atoms with E-state index in [0.29, 0.717) is 5.92 Å². The molecule has 0 saturated heterocycles. The molecule has 1 aromatic rings. The Hall–Kier alpha value is -2.57. The predicted molar refractivity (Wildman–Crippen MR) is 100 cm³/mol. The molecule has 0 bridgehead atoms. The molecule has 3 amide bonds. The fourth-order valence-corrected chi connectivity index (χ4v) is 2.49. The molecule has 26 heavy (non-hydrogen) atoms. The Morgan fingerprint density at radius 2 is 1.46 bits per heavy atom. The van der Waals surface area contributed by atoms with Gasteiger partial charge in [-0.05, 0) is 37.3 Å². The van der Waals surface area contributed by atoms with Gasteiger partial charge in [0.05, 0.1) is 5.92 Å². The molecule has 1 rings (SSSR count). The summed E-state index contributed by atoms with van der Waals surface area (Å²) >= 11 is 0. The average Bonchev–Trinajstić information content (AvgIpc) is 2.57. The summed E-state index contributed by atoms with van der Waals surface area (Å²) in [5.41, 5.74) is 2.20. The fraction of sp³-hybridized carbons (Fsp3) is 0.526. The normalized spacial score (nSPS) is 13.0. The lowest BCUT2D eigenvalue weighted by Gasteiger charge is -2.15. The number of hydrogen-bond donors (Lipinski definition) is 4. The monoisotopic (exact) mass is 363 g/mol. The number of rotatable bonds is 9. The van der Waals surface area contributed by atoms with Crippen molar-refractivity contribution in [2.24, 2.45) is 5.92 Å². The van der Waals surface area contributed by atoms with E-state index in [9.17, 15) is 14.4 Å². The number of hydrogen-bond acceptors (Lipinski definition) is 3. The van der Waals surface area contributed by atoms with Crippen molar-refractivity contribution >= 4 is 17.9 Å². The number of carboxylic acid groups (broad SMARTS) is 1. The van der Waals surface area contributed by atoms with E-state index in [4.69, 9.17) is 5.11 Å². The van der Waals surface area contributed by atoms with Crippen LogP contribution in [0.3, 0.4) is 0 Å². The molecule has 0 heterocycles. The van der Waals surface area contributed by atoms with Crippen LogP contribution in [-0.4, -0.2) is 42.1 Å². The number of benzene rings is 1. The third-order valence-corrected chi connectivity index (χ3v) is 3.97. The fourth-order valence-electron chi connectivity index (χ4n) is 2.49. The van der Waals surface area contributed by atoms with Crippen molar-refractivity contribution < 1.29 is 19.5 Å². The van der Waals surface area contributed by atoms with Gasteiger partial charge in [-0.1, -0.05) is 38.1 Å². The smallest absolute Gasteiger partial charge is 0.405 e. The van der Waals surface area contributed by atoms with Crippen LogP contribution in [-0.2, 0) is 16.0 Å². The third-order valence-electron chi connectivity index (χ3n) is 3.97. The lowest BCUT2D eigenvalue weighted by molar-refractivity contribution is -0.124. The summed E-state index contributed by atoms with van der Waals surface area (Å²) in [7, 11) is 0. The highest BCUT2D eigenvalue weighted by Gasteiger charge is 2.16. The van der Waals surface area contributed by atoms with Gasteiger partial charge in [0, 0.05) is 13.1 Å². The standard InChI is InChI=1S/C19H29N3O4/c1-12(2)11-15-5-7-16(8-6-15)13(3)17(23)20-9-10-21-18(24)14(4)22-19(25)26/h5-8,12-14,22H,9-11H2,1-4H3,(H,20,23)(H,21,24)(H,25,26)/t13?,14-/m0/s1. The van der Waals surface area contributed by atoms with E-state index >= 15 is 0 Å². The number of carbonyl (C=O) groups is 3. The van der Waals surface area contributed by atoms with Crippen molar-refractivity contribution in [2.45, 2.75) is 46.1 Å². The molecule has 1 unspecified atom stereocenters. The molecule has 0 aliphatic carbocycles. The average molecular weight is 363 g/mol. The van der Waals surface area contributed by atoms with Gasteiger partial charge in [0.1, 0.15) is 6.04 Å². The van der Waals surface area contributed by atoms with Crippen LogP contribution in [0.25, 0.3) is 0 Å². The Balaban J connectivity index is 2.38. The van der Waals surface area contributed by atoms with Crippen molar-refractivity contribution in [3.63, 3.8) is 0 Å². The molecule has 0 fully saturated rings. The number of carbonyl (C=O) groups excluding carboxylic acids is 2. The lowest BCUT2D eigenvalue weighted by atomic mass is 9.96. The summed E-state index contributed by atoms with van der Waals surface area (Å²) in [5.74, 6) is -0.250. The molecule has 4 N–H and O–H groups in total. The molecule has 0 radical (unpaired) electrons. The molecule has 0 spiro atoms. The van der Waals surface area contributed by atoms with Crippen molar-refractivity contribution in [3.05, 3.63) is 35.4 Å². The third kappa shape index (κ3) is 7.55. The van der Waals surface area contributed by atoms with E-state index in [1.165, 1.54) is 12.5 Å².